The highest BCUT2D eigenvalue weighted by molar-refractivity contribution is 7.89. The van der Waals surface area contributed by atoms with Crippen molar-refractivity contribution in [3.05, 3.63) is 28.8 Å². The summed E-state index contributed by atoms with van der Waals surface area (Å²) in [6.45, 7) is 0. The predicted octanol–water partition coefficient (Wildman–Crippen LogP) is 0.153. The second-order valence-corrected chi connectivity index (χ2v) is 5.73. The molecule has 0 bridgehead atoms. The average molecular weight is 324 g/mol. The summed E-state index contributed by atoms with van der Waals surface area (Å²) in [5.41, 5.74) is 7.22. The van der Waals surface area contributed by atoms with E-state index in [2.05, 4.69) is 22.4 Å². The van der Waals surface area contributed by atoms with Crippen LogP contribution in [0.5, 0.6) is 0 Å². The Morgan fingerprint density at radius 1 is 1.47 bits per heavy atom. The lowest BCUT2D eigenvalue weighted by Crippen LogP contribution is -2.44. The summed E-state index contributed by atoms with van der Waals surface area (Å²) in [5, 5.41) is -0.325. The normalized spacial score (nSPS) is 10.8. The monoisotopic (exact) mass is 323 g/mol. The van der Waals surface area contributed by atoms with E-state index in [1.165, 1.54) is 19.2 Å². The first kappa shape index (κ1) is 15.6. The molecule has 7 nitrogen and oxygen atoms in total. The van der Waals surface area contributed by atoms with E-state index < -0.39 is 16.0 Å². The van der Waals surface area contributed by atoms with Crippen LogP contribution >= 0.6 is 23.8 Å². The highest BCUT2D eigenvalue weighted by atomic mass is 35.5. The zero-order valence-electron chi connectivity index (χ0n) is 9.64. The van der Waals surface area contributed by atoms with Crippen LogP contribution in [0.3, 0.4) is 0 Å². The molecular weight excluding hydrogens is 314 g/mol. The third-order valence-electron chi connectivity index (χ3n) is 1.95. The first-order chi connectivity index (χ1) is 8.77. The third kappa shape index (κ3) is 4.03. The number of hydrogen-bond acceptors (Lipinski definition) is 5. The van der Waals surface area contributed by atoms with E-state index in [1.807, 2.05) is 4.83 Å². The molecule has 0 radical (unpaired) electrons. The predicted molar refractivity (Wildman–Crippen MR) is 73.0 cm³/mol. The summed E-state index contributed by atoms with van der Waals surface area (Å²) >= 11 is 10.2. The molecule has 1 rings (SSSR count). The van der Waals surface area contributed by atoms with Gasteiger partial charge in [-0.05, 0) is 30.4 Å². The molecule has 0 saturated carbocycles. The van der Waals surface area contributed by atoms with Gasteiger partial charge in [0, 0.05) is 0 Å². The van der Waals surface area contributed by atoms with E-state index in [4.69, 9.17) is 17.3 Å². The summed E-state index contributed by atoms with van der Waals surface area (Å²) in [6, 6.07) is 3.69. The van der Waals surface area contributed by atoms with E-state index in [0.717, 1.165) is 6.07 Å². The van der Waals surface area contributed by atoms with Crippen molar-refractivity contribution in [2.24, 2.45) is 5.73 Å². The molecule has 0 heterocycles. The smallest absolute Gasteiger partial charge is 0.337 e. The Kier molecular flexibility index (Phi) is 5.06. The number of hydrogen-bond donors (Lipinski definition) is 3. The molecule has 10 heteroatoms. The fourth-order valence-electron chi connectivity index (χ4n) is 1.13. The number of halogens is 1. The lowest BCUT2D eigenvalue weighted by atomic mass is 10.2. The minimum absolute atomic E-state index is 0.0441. The summed E-state index contributed by atoms with van der Waals surface area (Å²) in [6.07, 6.45) is 0. The first-order valence-corrected chi connectivity index (χ1v) is 7.00. The van der Waals surface area contributed by atoms with Crippen LogP contribution in [0.1, 0.15) is 10.4 Å². The maximum Gasteiger partial charge on any atom is 0.337 e. The molecule has 1 aromatic rings. The van der Waals surface area contributed by atoms with Gasteiger partial charge in [0.1, 0.15) is 4.90 Å². The van der Waals surface area contributed by atoms with Gasteiger partial charge in [0.15, 0.2) is 5.11 Å². The van der Waals surface area contributed by atoms with Gasteiger partial charge in [-0.2, -0.15) is 0 Å². The van der Waals surface area contributed by atoms with Gasteiger partial charge in [-0.3, -0.25) is 5.43 Å². The molecule has 104 valence electrons. The van der Waals surface area contributed by atoms with Gasteiger partial charge in [-0.1, -0.05) is 11.6 Å². The van der Waals surface area contributed by atoms with Crippen molar-refractivity contribution in [3.8, 4) is 0 Å². The quantitative estimate of drug-likeness (QED) is 0.411. The molecule has 0 amide bonds. The average Bonchev–Trinajstić information content (AvgIpc) is 2.36. The fraction of sp³-hybridized carbons (Fsp3) is 0.111. The van der Waals surface area contributed by atoms with Crippen LogP contribution in [0.25, 0.3) is 0 Å². The highest BCUT2D eigenvalue weighted by Crippen LogP contribution is 2.22. The van der Waals surface area contributed by atoms with Crippen molar-refractivity contribution in [2.75, 3.05) is 7.11 Å². The Morgan fingerprint density at radius 3 is 2.63 bits per heavy atom. The van der Waals surface area contributed by atoms with Crippen molar-refractivity contribution >= 4 is 44.9 Å². The van der Waals surface area contributed by atoms with Gasteiger partial charge < -0.3 is 10.5 Å². The number of esters is 1. The van der Waals surface area contributed by atoms with Crippen LogP contribution < -0.4 is 16.0 Å². The fourth-order valence-corrected chi connectivity index (χ4v) is 2.63. The molecule has 19 heavy (non-hydrogen) atoms. The number of methoxy groups -OCH3 is 1. The molecule has 1 aromatic carbocycles. The number of ether oxygens (including phenoxy) is 1. The molecule has 0 spiro atoms. The number of thiocarbonyl (C=S) groups is 1. The second kappa shape index (κ2) is 6.15. The van der Waals surface area contributed by atoms with Crippen LogP contribution in [0, 0.1) is 0 Å². The number of nitrogens with one attached hydrogen (secondary N) is 2. The molecule has 0 aliphatic rings. The lowest BCUT2D eigenvalue weighted by molar-refractivity contribution is 0.0600. The Labute approximate surface area is 120 Å². The van der Waals surface area contributed by atoms with E-state index in [1.54, 1.807) is 0 Å². The number of benzene rings is 1. The Hall–Kier alpha value is -1.42. The van der Waals surface area contributed by atoms with Crippen LogP contribution in [0.15, 0.2) is 23.1 Å². The molecule has 0 saturated heterocycles. The van der Waals surface area contributed by atoms with Crippen LogP contribution in [-0.4, -0.2) is 26.6 Å². The van der Waals surface area contributed by atoms with E-state index in [-0.39, 0.29) is 20.6 Å². The van der Waals surface area contributed by atoms with Crippen molar-refractivity contribution < 1.29 is 17.9 Å². The second-order valence-electron chi connectivity index (χ2n) is 3.23. The number of carbonyl (C=O) groups excluding carboxylic acids is 1. The molecular formula is C9H10ClN3O4S2. The molecule has 0 fully saturated rings. The number of hydrazine groups is 1. The molecule has 0 unspecified atom stereocenters. The number of sulfonamides is 1. The molecule has 0 aromatic heterocycles. The number of nitrogens with two attached hydrogens (primary N) is 1. The van der Waals surface area contributed by atoms with Crippen molar-refractivity contribution in [2.45, 2.75) is 4.90 Å². The van der Waals surface area contributed by atoms with Gasteiger partial charge in [0.2, 0.25) is 0 Å². The van der Waals surface area contributed by atoms with Gasteiger partial charge in [-0.25, -0.2) is 13.2 Å². The van der Waals surface area contributed by atoms with Gasteiger partial charge >= 0.3 is 5.97 Å². The molecule has 0 aliphatic carbocycles. The minimum atomic E-state index is -4.02. The molecule has 0 atom stereocenters. The molecule has 4 N–H and O–H groups in total. The summed E-state index contributed by atoms with van der Waals surface area (Å²) in [5.74, 6) is -0.685. The Balaban J connectivity index is 3.18. The van der Waals surface area contributed by atoms with Gasteiger partial charge in [0.05, 0.1) is 17.7 Å². The summed E-state index contributed by atoms with van der Waals surface area (Å²) in [7, 11) is -2.84. The minimum Gasteiger partial charge on any atom is -0.465 e. The molecule has 0 aliphatic heterocycles. The zero-order valence-corrected chi connectivity index (χ0v) is 12.0. The van der Waals surface area contributed by atoms with Crippen molar-refractivity contribution in [1.29, 1.82) is 0 Å². The van der Waals surface area contributed by atoms with Gasteiger partial charge in [0.25, 0.3) is 10.0 Å². The van der Waals surface area contributed by atoms with E-state index in [9.17, 15) is 13.2 Å². The van der Waals surface area contributed by atoms with Gasteiger partial charge in [-0.15, -0.1) is 4.83 Å². The van der Waals surface area contributed by atoms with Crippen LogP contribution in [0.2, 0.25) is 5.02 Å². The Morgan fingerprint density at radius 2 is 2.11 bits per heavy atom. The Bertz CT molecular complexity index is 618. The topological polar surface area (TPSA) is 111 Å². The zero-order chi connectivity index (χ0) is 14.6. The standard InChI is InChI=1S/C9H10ClN3O4S2/c1-17-8(14)5-2-3-6(10)7(4-5)19(15,16)13-12-9(11)18/h2-4,13H,1H3,(H3,11,12,18). The SMILES string of the molecule is COC(=O)c1ccc(Cl)c(S(=O)(=O)NNC(N)=S)c1. The highest BCUT2D eigenvalue weighted by Gasteiger charge is 2.20. The van der Waals surface area contributed by atoms with Crippen molar-refractivity contribution in [3.63, 3.8) is 0 Å². The van der Waals surface area contributed by atoms with E-state index >= 15 is 0 Å². The third-order valence-corrected chi connectivity index (χ3v) is 3.78. The maximum atomic E-state index is 11.9. The lowest BCUT2D eigenvalue weighted by Gasteiger charge is -2.10. The number of carbonyl (C=O) groups is 1. The largest absolute Gasteiger partial charge is 0.465 e. The first-order valence-electron chi connectivity index (χ1n) is 4.73. The van der Waals surface area contributed by atoms with Crippen LogP contribution in [-0.2, 0) is 14.8 Å². The van der Waals surface area contributed by atoms with Crippen LogP contribution in [0.4, 0.5) is 0 Å². The van der Waals surface area contributed by atoms with Crippen molar-refractivity contribution in [1.82, 2.24) is 10.3 Å². The number of rotatable bonds is 4. The van der Waals surface area contributed by atoms with E-state index in [0.29, 0.717) is 0 Å². The maximum absolute atomic E-state index is 11.9. The summed E-state index contributed by atoms with van der Waals surface area (Å²) in [4.78, 5) is 12.9. The summed E-state index contributed by atoms with van der Waals surface area (Å²) < 4.78 is 28.3.